The third kappa shape index (κ3) is 5.88. The number of hydrogen-bond donors (Lipinski definition) is 1. The molecule has 0 aromatic heterocycles. The van der Waals surface area contributed by atoms with Gasteiger partial charge in [0.05, 0.1) is 26.7 Å². The number of halogens is 1. The second-order valence-corrected chi connectivity index (χ2v) is 5.80. The molecule has 0 aliphatic rings. The number of nitrogens with one attached hydrogen (secondary N) is 1. The van der Waals surface area contributed by atoms with Gasteiger partial charge < -0.3 is 14.8 Å². The Morgan fingerprint density at radius 1 is 1.12 bits per heavy atom. The van der Waals surface area contributed by atoms with E-state index in [0.717, 1.165) is 11.1 Å². The summed E-state index contributed by atoms with van der Waals surface area (Å²) in [5.74, 6) is -0.289. The van der Waals surface area contributed by atoms with Crippen LogP contribution in [0.3, 0.4) is 0 Å². The number of carbonyl (C=O) groups excluding carboxylic acids is 2. The molecule has 138 valence electrons. The lowest BCUT2D eigenvalue weighted by atomic mass is 10.0. The van der Waals surface area contributed by atoms with Gasteiger partial charge in [0.2, 0.25) is 5.91 Å². The summed E-state index contributed by atoms with van der Waals surface area (Å²) in [6.45, 7) is 0. The predicted molar refractivity (Wildman–Crippen MR) is 95.2 cm³/mol. The second kappa shape index (κ2) is 9.56. The Morgan fingerprint density at radius 2 is 1.85 bits per heavy atom. The first kappa shape index (κ1) is 19.4. The number of ether oxygens (including phenoxy) is 2. The monoisotopic (exact) mass is 359 g/mol. The van der Waals surface area contributed by atoms with Gasteiger partial charge in [0.15, 0.2) is 0 Å². The molecule has 0 bridgehead atoms. The minimum atomic E-state index is -0.506. The second-order valence-electron chi connectivity index (χ2n) is 5.80. The van der Waals surface area contributed by atoms with Crippen molar-refractivity contribution in [3.05, 3.63) is 65.5 Å². The molecule has 0 fully saturated rings. The van der Waals surface area contributed by atoms with Crippen molar-refractivity contribution in [2.45, 2.75) is 25.3 Å². The zero-order chi connectivity index (χ0) is 18.9. The van der Waals surface area contributed by atoms with Crippen LogP contribution in [0.2, 0.25) is 0 Å². The molecule has 0 saturated carbocycles. The number of rotatable bonds is 8. The van der Waals surface area contributed by atoms with Crippen molar-refractivity contribution in [2.24, 2.45) is 0 Å². The minimum Gasteiger partial charge on any atom is -0.497 e. The van der Waals surface area contributed by atoms with E-state index >= 15 is 0 Å². The molecule has 5 nitrogen and oxygen atoms in total. The Balaban J connectivity index is 2.02. The highest BCUT2D eigenvalue weighted by Gasteiger charge is 2.19. The molecule has 26 heavy (non-hydrogen) atoms. The third-order valence-electron chi connectivity index (χ3n) is 3.98. The van der Waals surface area contributed by atoms with E-state index < -0.39 is 12.0 Å². The molecule has 1 amide bonds. The summed E-state index contributed by atoms with van der Waals surface area (Å²) in [7, 11) is 2.87. The Hall–Kier alpha value is -2.89. The molecular weight excluding hydrogens is 337 g/mol. The highest BCUT2D eigenvalue weighted by molar-refractivity contribution is 5.78. The summed E-state index contributed by atoms with van der Waals surface area (Å²) in [5, 5.41) is 2.85. The number of esters is 1. The van der Waals surface area contributed by atoms with Crippen molar-refractivity contribution in [1.29, 1.82) is 0 Å². The van der Waals surface area contributed by atoms with Gasteiger partial charge >= 0.3 is 5.97 Å². The zero-order valence-electron chi connectivity index (χ0n) is 14.8. The average Bonchev–Trinajstić information content (AvgIpc) is 2.66. The third-order valence-corrected chi connectivity index (χ3v) is 3.98. The van der Waals surface area contributed by atoms with Gasteiger partial charge in [-0.15, -0.1) is 0 Å². The standard InChI is InChI=1S/C20H22FNO4/c1-25-17-9-7-15(8-10-17)18(13-20(24)26-2)22-19(23)11-6-14-4-3-5-16(21)12-14/h3-5,7-10,12,18H,6,11,13H2,1-2H3,(H,22,23). The van der Waals surface area contributed by atoms with Crippen LogP contribution in [0.5, 0.6) is 5.75 Å². The van der Waals surface area contributed by atoms with Crippen LogP contribution < -0.4 is 10.1 Å². The zero-order valence-corrected chi connectivity index (χ0v) is 14.8. The Labute approximate surface area is 152 Å². The van der Waals surface area contributed by atoms with Gasteiger partial charge in [-0.2, -0.15) is 0 Å². The summed E-state index contributed by atoms with van der Waals surface area (Å²) in [5.41, 5.74) is 1.52. The molecule has 0 aliphatic carbocycles. The first-order chi connectivity index (χ1) is 12.5. The van der Waals surface area contributed by atoms with Gasteiger partial charge in [0, 0.05) is 6.42 Å². The lowest BCUT2D eigenvalue weighted by Crippen LogP contribution is -2.30. The maximum absolute atomic E-state index is 13.2. The lowest BCUT2D eigenvalue weighted by Gasteiger charge is -2.18. The molecule has 0 saturated heterocycles. The Morgan fingerprint density at radius 3 is 2.46 bits per heavy atom. The largest absolute Gasteiger partial charge is 0.497 e. The van der Waals surface area contributed by atoms with E-state index in [1.54, 1.807) is 43.5 Å². The van der Waals surface area contributed by atoms with Crippen molar-refractivity contribution in [3.63, 3.8) is 0 Å². The molecule has 2 rings (SSSR count). The van der Waals surface area contributed by atoms with E-state index in [1.807, 2.05) is 0 Å². The average molecular weight is 359 g/mol. The SMILES string of the molecule is COC(=O)CC(NC(=O)CCc1cccc(F)c1)c1ccc(OC)cc1. The number of benzene rings is 2. The van der Waals surface area contributed by atoms with E-state index in [-0.39, 0.29) is 24.6 Å². The van der Waals surface area contributed by atoms with Crippen molar-refractivity contribution in [3.8, 4) is 5.75 Å². The van der Waals surface area contributed by atoms with E-state index in [4.69, 9.17) is 9.47 Å². The van der Waals surface area contributed by atoms with Gasteiger partial charge in [-0.3, -0.25) is 9.59 Å². The lowest BCUT2D eigenvalue weighted by molar-refractivity contribution is -0.141. The summed E-state index contributed by atoms with van der Waals surface area (Å²) in [4.78, 5) is 24.0. The van der Waals surface area contributed by atoms with E-state index in [2.05, 4.69) is 5.32 Å². The molecule has 1 unspecified atom stereocenters. The first-order valence-corrected chi connectivity index (χ1v) is 8.26. The maximum Gasteiger partial charge on any atom is 0.307 e. The highest BCUT2D eigenvalue weighted by Crippen LogP contribution is 2.21. The number of hydrogen-bond acceptors (Lipinski definition) is 4. The number of aryl methyl sites for hydroxylation is 1. The van der Waals surface area contributed by atoms with Crippen LogP contribution in [0.25, 0.3) is 0 Å². The molecule has 1 atom stereocenters. The summed E-state index contributed by atoms with van der Waals surface area (Å²) in [6.07, 6.45) is 0.628. The summed E-state index contributed by atoms with van der Waals surface area (Å²) < 4.78 is 23.0. The van der Waals surface area contributed by atoms with Gasteiger partial charge in [0.25, 0.3) is 0 Å². The molecule has 6 heteroatoms. The topological polar surface area (TPSA) is 64.6 Å². The van der Waals surface area contributed by atoms with Gasteiger partial charge in [-0.05, 0) is 41.8 Å². The Bertz CT molecular complexity index is 746. The van der Waals surface area contributed by atoms with Crippen LogP contribution in [-0.2, 0) is 20.7 Å². The predicted octanol–water partition coefficient (Wildman–Crippen LogP) is 3.19. The van der Waals surface area contributed by atoms with Crippen molar-refractivity contribution in [1.82, 2.24) is 5.32 Å². The molecule has 2 aromatic rings. The van der Waals surface area contributed by atoms with Crippen LogP contribution in [-0.4, -0.2) is 26.1 Å². The molecule has 2 aromatic carbocycles. The normalized spacial score (nSPS) is 11.5. The molecule has 0 aliphatic heterocycles. The smallest absolute Gasteiger partial charge is 0.307 e. The van der Waals surface area contributed by atoms with Gasteiger partial charge in [-0.25, -0.2) is 4.39 Å². The van der Waals surface area contributed by atoms with E-state index in [9.17, 15) is 14.0 Å². The van der Waals surface area contributed by atoms with Crippen LogP contribution in [0.15, 0.2) is 48.5 Å². The molecule has 0 spiro atoms. The number of methoxy groups -OCH3 is 2. The van der Waals surface area contributed by atoms with Gasteiger partial charge in [0.1, 0.15) is 11.6 Å². The number of amides is 1. The fourth-order valence-corrected chi connectivity index (χ4v) is 2.56. The van der Waals surface area contributed by atoms with E-state index in [1.165, 1.54) is 19.2 Å². The molecule has 0 radical (unpaired) electrons. The summed E-state index contributed by atoms with van der Waals surface area (Å²) in [6, 6.07) is 12.7. The summed E-state index contributed by atoms with van der Waals surface area (Å²) >= 11 is 0. The maximum atomic E-state index is 13.2. The molecule has 1 N–H and O–H groups in total. The van der Waals surface area contributed by atoms with Crippen molar-refractivity contribution in [2.75, 3.05) is 14.2 Å². The van der Waals surface area contributed by atoms with Crippen molar-refractivity contribution >= 4 is 11.9 Å². The van der Waals surface area contributed by atoms with Crippen LogP contribution in [0, 0.1) is 5.82 Å². The van der Waals surface area contributed by atoms with Crippen LogP contribution in [0.4, 0.5) is 4.39 Å². The quantitative estimate of drug-likeness (QED) is 0.735. The highest BCUT2D eigenvalue weighted by atomic mass is 19.1. The van der Waals surface area contributed by atoms with Crippen LogP contribution >= 0.6 is 0 Å². The van der Waals surface area contributed by atoms with Crippen molar-refractivity contribution < 1.29 is 23.5 Å². The molecule has 0 heterocycles. The number of carbonyl (C=O) groups is 2. The minimum absolute atomic E-state index is 0.0224. The first-order valence-electron chi connectivity index (χ1n) is 8.26. The molecular formula is C20H22FNO4. The fraction of sp³-hybridized carbons (Fsp3) is 0.300. The Kier molecular flexibility index (Phi) is 7.14. The van der Waals surface area contributed by atoms with Crippen LogP contribution in [0.1, 0.15) is 30.0 Å². The van der Waals surface area contributed by atoms with Gasteiger partial charge in [-0.1, -0.05) is 24.3 Å². The fourth-order valence-electron chi connectivity index (χ4n) is 2.56. The van der Waals surface area contributed by atoms with E-state index in [0.29, 0.717) is 12.2 Å².